The number of hydrogen-bond donors (Lipinski definition) is 1. The molecule has 1 N–H and O–H groups in total. The Labute approximate surface area is 240 Å². The molecule has 2 aliphatic rings. The van der Waals surface area contributed by atoms with Gasteiger partial charge in [0.05, 0.1) is 26.4 Å². The minimum Gasteiger partial charge on any atom is -0.454 e. The van der Waals surface area contributed by atoms with Crippen LogP contribution in [0.5, 0.6) is 0 Å². The molecule has 0 unspecified atom stereocenters. The lowest BCUT2D eigenvalue weighted by Crippen LogP contribution is -2.59. The van der Waals surface area contributed by atoms with Crippen molar-refractivity contribution < 1.29 is 23.7 Å². The molecule has 4 aromatic carbocycles. The van der Waals surface area contributed by atoms with Gasteiger partial charge in [0, 0.05) is 5.69 Å². The maximum atomic E-state index is 6.59. The highest BCUT2D eigenvalue weighted by molar-refractivity contribution is 5.90. The topological polar surface area (TPSA) is 70.5 Å². The molecule has 5 atom stereocenters. The number of nitrogens with zero attached hydrogens (tertiary/aromatic N) is 1. The van der Waals surface area contributed by atoms with Gasteiger partial charge in [0.2, 0.25) is 0 Å². The van der Waals surface area contributed by atoms with Crippen molar-refractivity contribution in [2.24, 2.45) is 4.99 Å². The third-order valence-electron chi connectivity index (χ3n) is 7.09. The molecule has 0 aliphatic carbocycles. The zero-order valence-corrected chi connectivity index (χ0v) is 22.8. The highest BCUT2D eigenvalue weighted by Crippen LogP contribution is 2.34. The molecule has 4 aromatic rings. The molecule has 1 fully saturated rings. The van der Waals surface area contributed by atoms with Gasteiger partial charge in [0.25, 0.3) is 6.02 Å². The van der Waals surface area contributed by atoms with Crippen LogP contribution < -0.4 is 5.32 Å². The fourth-order valence-electron chi connectivity index (χ4n) is 5.03. The average Bonchev–Trinajstić information content (AvgIpc) is 3.43. The molecular weight excluding hydrogens is 516 g/mol. The number of amidine groups is 1. The summed E-state index contributed by atoms with van der Waals surface area (Å²) in [5.74, 6) is 0. The highest BCUT2D eigenvalue weighted by atomic mass is 16.6. The van der Waals surface area contributed by atoms with E-state index in [1.54, 1.807) is 0 Å². The molecule has 2 heterocycles. The first kappa shape index (κ1) is 27.2. The van der Waals surface area contributed by atoms with E-state index in [4.69, 9.17) is 28.7 Å². The Morgan fingerprint density at radius 2 is 1.12 bits per heavy atom. The van der Waals surface area contributed by atoms with Crippen molar-refractivity contribution in [3.8, 4) is 0 Å². The number of nitrogens with one attached hydrogen (secondary N) is 1. The number of rotatable bonds is 11. The number of ether oxygens (including phenoxy) is 5. The second-order valence-corrected chi connectivity index (χ2v) is 10.1. The zero-order chi connectivity index (χ0) is 27.7. The summed E-state index contributed by atoms with van der Waals surface area (Å²) in [6.07, 6.45) is -2.39. The lowest BCUT2D eigenvalue weighted by molar-refractivity contribution is -0.249. The molecular formula is C34H34N2O5. The van der Waals surface area contributed by atoms with Gasteiger partial charge in [-0.25, -0.2) is 0 Å². The van der Waals surface area contributed by atoms with E-state index in [0.717, 1.165) is 22.4 Å². The second kappa shape index (κ2) is 13.6. The summed E-state index contributed by atoms with van der Waals surface area (Å²) in [6.45, 7) is 1.60. The van der Waals surface area contributed by atoms with E-state index >= 15 is 0 Å². The molecule has 210 valence electrons. The van der Waals surface area contributed by atoms with Crippen LogP contribution in [0.1, 0.15) is 16.7 Å². The third kappa shape index (κ3) is 7.20. The molecule has 0 amide bonds. The molecule has 0 spiro atoms. The first-order chi connectivity index (χ1) is 20.3. The van der Waals surface area contributed by atoms with Gasteiger partial charge >= 0.3 is 0 Å². The van der Waals surface area contributed by atoms with E-state index in [1.165, 1.54) is 0 Å². The second-order valence-electron chi connectivity index (χ2n) is 10.1. The predicted octanol–water partition coefficient (Wildman–Crippen LogP) is 5.97. The van der Waals surface area contributed by atoms with Gasteiger partial charge in [-0.15, -0.1) is 0 Å². The molecule has 41 heavy (non-hydrogen) atoms. The molecule has 2 aliphatic heterocycles. The number of aliphatic imine (C=N–C) groups is 1. The maximum absolute atomic E-state index is 6.59. The number of para-hydroxylation sites is 1. The number of benzene rings is 4. The highest BCUT2D eigenvalue weighted by Gasteiger charge is 2.52. The number of hydrogen-bond acceptors (Lipinski definition) is 7. The van der Waals surface area contributed by atoms with Crippen LogP contribution in [0.15, 0.2) is 126 Å². The Hall–Kier alpha value is -4.01. The van der Waals surface area contributed by atoms with E-state index in [9.17, 15) is 0 Å². The molecule has 0 saturated carbocycles. The lowest BCUT2D eigenvalue weighted by Gasteiger charge is -2.42. The lowest BCUT2D eigenvalue weighted by atomic mass is 9.97. The zero-order valence-electron chi connectivity index (χ0n) is 22.8. The number of anilines is 1. The summed E-state index contributed by atoms with van der Waals surface area (Å²) in [7, 11) is 0. The Balaban J connectivity index is 1.23. The molecule has 0 radical (unpaired) electrons. The molecule has 1 saturated heterocycles. The van der Waals surface area contributed by atoms with E-state index in [1.807, 2.05) is 121 Å². The van der Waals surface area contributed by atoms with Gasteiger partial charge in [-0.1, -0.05) is 109 Å². The summed E-state index contributed by atoms with van der Waals surface area (Å²) in [6, 6.07) is 40.5. The number of fused-ring (bicyclic) bond motifs is 1. The van der Waals surface area contributed by atoms with Gasteiger partial charge in [-0.2, -0.15) is 4.99 Å². The van der Waals surface area contributed by atoms with Crippen molar-refractivity contribution in [2.75, 3.05) is 11.9 Å². The minimum atomic E-state index is -0.566. The Kier molecular flexibility index (Phi) is 8.99. The van der Waals surface area contributed by atoms with Crippen LogP contribution in [0, 0.1) is 0 Å². The fourth-order valence-corrected chi connectivity index (χ4v) is 5.03. The van der Waals surface area contributed by atoms with Gasteiger partial charge in [0.1, 0.15) is 18.3 Å². The quantitative estimate of drug-likeness (QED) is 0.248. The van der Waals surface area contributed by atoms with Gasteiger partial charge in [0.15, 0.2) is 12.3 Å². The van der Waals surface area contributed by atoms with Crippen molar-refractivity contribution in [2.45, 2.75) is 50.5 Å². The Bertz CT molecular complexity index is 1370. The van der Waals surface area contributed by atoms with E-state index < -0.39 is 30.6 Å². The standard InChI is InChI=1S/C34H34N2O5/c1-5-13-25(14-6-1)21-37-24-29-30(38-22-26-15-7-2-8-16-26)31(39-23-27-17-9-3-10-18-27)32-33(40-29)36-34(41-32)35-28-19-11-4-12-20-28/h1-20,29-33H,21-24H2,(H,35,36)/t29-,30-,31+,32-,33+/m1/s1. The van der Waals surface area contributed by atoms with Crippen LogP contribution in [0.4, 0.5) is 5.69 Å². The van der Waals surface area contributed by atoms with Crippen molar-refractivity contribution in [1.82, 2.24) is 0 Å². The first-order valence-electron chi connectivity index (χ1n) is 14.0. The summed E-state index contributed by atoms with van der Waals surface area (Å²) in [5.41, 5.74) is 4.11. The van der Waals surface area contributed by atoms with Crippen LogP contribution >= 0.6 is 0 Å². The first-order valence-corrected chi connectivity index (χ1v) is 14.0. The van der Waals surface area contributed by atoms with Crippen molar-refractivity contribution in [1.29, 1.82) is 0 Å². The van der Waals surface area contributed by atoms with Crippen molar-refractivity contribution >= 4 is 11.7 Å². The Morgan fingerprint density at radius 1 is 0.610 bits per heavy atom. The average molecular weight is 551 g/mol. The van der Waals surface area contributed by atoms with Gasteiger partial charge < -0.3 is 29.0 Å². The molecule has 7 nitrogen and oxygen atoms in total. The van der Waals surface area contributed by atoms with E-state index in [-0.39, 0.29) is 0 Å². The largest absolute Gasteiger partial charge is 0.454 e. The SMILES string of the molecule is c1ccc(COC[C@H]2O[C@@H]3N=C(Nc4ccccc4)O[C@@H]3[C@@H](OCc3ccccc3)[C@@H]2OCc2ccccc2)cc1. The normalized spacial score (nSPS) is 23.3. The van der Waals surface area contributed by atoms with E-state index in [2.05, 4.69) is 5.32 Å². The van der Waals surface area contributed by atoms with Crippen molar-refractivity contribution in [3.63, 3.8) is 0 Å². The summed E-state index contributed by atoms with van der Waals surface area (Å²) >= 11 is 0. The van der Waals surface area contributed by atoms with Crippen LogP contribution in [-0.4, -0.2) is 43.3 Å². The third-order valence-corrected chi connectivity index (χ3v) is 7.09. The van der Waals surface area contributed by atoms with Crippen LogP contribution in [-0.2, 0) is 43.5 Å². The predicted molar refractivity (Wildman–Crippen MR) is 157 cm³/mol. The van der Waals surface area contributed by atoms with Gasteiger partial charge in [-0.3, -0.25) is 0 Å². The molecule has 0 aromatic heterocycles. The van der Waals surface area contributed by atoms with Crippen LogP contribution in [0.25, 0.3) is 0 Å². The molecule has 7 heteroatoms. The van der Waals surface area contributed by atoms with E-state index in [0.29, 0.717) is 32.4 Å². The van der Waals surface area contributed by atoms with Crippen molar-refractivity contribution in [3.05, 3.63) is 138 Å². The minimum absolute atomic E-state index is 0.319. The fraction of sp³-hybridized carbons (Fsp3) is 0.265. The Morgan fingerprint density at radius 3 is 1.71 bits per heavy atom. The maximum Gasteiger partial charge on any atom is 0.292 e. The molecule has 0 bridgehead atoms. The van der Waals surface area contributed by atoms with Gasteiger partial charge in [-0.05, 0) is 28.8 Å². The van der Waals surface area contributed by atoms with Crippen LogP contribution in [0.3, 0.4) is 0 Å². The summed E-state index contributed by atoms with van der Waals surface area (Å²) in [5, 5.41) is 3.26. The van der Waals surface area contributed by atoms with Crippen LogP contribution in [0.2, 0.25) is 0 Å². The summed E-state index contributed by atoms with van der Waals surface area (Å²) in [4.78, 5) is 4.75. The summed E-state index contributed by atoms with van der Waals surface area (Å²) < 4.78 is 32.2. The smallest absolute Gasteiger partial charge is 0.292 e. The molecule has 6 rings (SSSR count). The monoisotopic (exact) mass is 550 g/mol.